The van der Waals surface area contributed by atoms with E-state index in [0.29, 0.717) is 25.7 Å². The summed E-state index contributed by atoms with van der Waals surface area (Å²) in [5.74, 6) is -2.62. The molecule has 3 atom stereocenters. The van der Waals surface area contributed by atoms with E-state index in [2.05, 4.69) is 0 Å². The number of sulfone groups is 1. The first-order chi connectivity index (χ1) is 18.4. The van der Waals surface area contributed by atoms with Crippen LogP contribution in [0.2, 0.25) is 0 Å². The summed E-state index contributed by atoms with van der Waals surface area (Å²) in [6.45, 7) is 5.70. The Morgan fingerprint density at radius 2 is 1.52 bits per heavy atom. The van der Waals surface area contributed by atoms with Crippen LogP contribution in [0.1, 0.15) is 63.1 Å². The van der Waals surface area contributed by atoms with E-state index in [9.17, 15) is 27.1 Å². The molecule has 2 rings (SSSR count). The van der Waals surface area contributed by atoms with Crippen molar-refractivity contribution in [3.05, 3.63) is 70.8 Å². The third kappa shape index (κ3) is 11.0. The standard InChI is InChI=1S/C29H43F2N3O4S.ClH/c1-4-8-25(9-5-2)39(37,38)19-27(33)29(36)34(17-21-11-7-10-20(6-3)12-21)18-28(35)26(32)15-22-13-23(30)16-24(31)14-22;/h7,10-14,16,25-28,35H,4-6,8-9,15,17-19,32-33H2,1-3H3;1H/t26-,27?,28+;/m0./s1. The fourth-order valence-corrected chi connectivity index (χ4v) is 6.84. The molecule has 0 fully saturated rings. The fraction of sp³-hybridized carbons (Fsp3) is 0.552. The first-order valence-electron chi connectivity index (χ1n) is 13.6. The summed E-state index contributed by atoms with van der Waals surface area (Å²) in [7, 11) is -3.63. The third-order valence-electron chi connectivity index (χ3n) is 6.84. The van der Waals surface area contributed by atoms with Crippen LogP contribution in [0.3, 0.4) is 0 Å². The number of halogens is 3. The predicted molar refractivity (Wildman–Crippen MR) is 158 cm³/mol. The molecule has 11 heteroatoms. The molecule has 226 valence electrons. The maximum absolute atomic E-state index is 13.6. The average Bonchev–Trinajstić information content (AvgIpc) is 2.86. The second-order valence-electron chi connectivity index (χ2n) is 10.2. The van der Waals surface area contributed by atoms with E-state index in [0.717, 1.165) is 35.7 Å². The first-order valence-corrected chi connectivity index (χ1v) is 15.3. The molecule has 0 aliphatic carbocycles. The number of benzene rings is 2. The van der Waals surface area contributed by atoms with Gasteiger partial charge in [-0.3, -0.25) is 4.79 Å². The second-order valence-corrected chi connectivity index (χ2v) is 12.6. The molecule has 0 heterocycles. The Hall–Kier alpha value is -2.11. The number of aliphatic hydroxyl groups is 1. The lowest BCUT2D eigenvalue weighted by molar-refractivity contribution is -0.134. The van der Waals surface area contributed by atoms with Crippen LogP contribution in [-0.4, -0.2) is 60.1 Å². The molecule has 7 nitrogen and oxygen atoms in total. The van der Waals surface area contributed by atoms with Crippen molar-refractivity contribution in [1.82, 2.24) is 4.90 Å². The van der Waals surface area contributed by atoms with Crippen LogP contribution in [-0.2, 0) is 34.0 Å². The molecule has 1 amide bonds. The lowest BCUT2D eigenvalue weighted by Gasteiger charge is -2.30. The molecule has 2 aromatic rings. The predicted octanol–water partition coefficient (Wildman–Crippen LogP) is 3.92. The highest BCUT2D eigenvalue weighted by atomic mass is 35.5. The van der Waals surface area contributed by atoms with Crippen LogP contribution in [0.15, 0.2) is 42.5 Å². The zero-order chi connectivity index (χ0) is 29.2. The molecule has 5 N–H and O–H groups in total. The molecular formula is C29H44ClF2N3O4S. The van der Waals surface area contributed by atoms with Gasteiger partial charge in [0.1, 0.15) is 11.6 Å². The number of rotatable bonds is 16. The summed E-state index contributed by atoms with van der Waals surface area (Å²) in [6.07, 6.45) is 1.90. The Kier molecular flexibility index (Phi) is 15.3. The fourth-order valence-electron chi connectivity index (χ4n) is 4.74. The van der Waals surface area contributed by atoms with Crippen LogP contribution in [0.4, 0.5) is 8.78 Å². The highest BCUT2D eigenvalue weighted by Crippen LogP contribution is 2.18. The number of carbonyl (C=O) groups excluding carboxylic acids is 1. The van der Waals surface area contributed by atoms with Crippen molar-refractivity contribution in [3.8, 4) is 0 Å². The Labute approximate surface area is 243 Å². The molecule has 2 aromatic carbocycles. The summed E-state index contributed by atoms with van der Waals surface area (Å²) in [6, 6.07) is 8.35. The highest BCUT2D eigenvalue weighted by Gasteiger charge is 2.32. The first kappa shape index (κ1) is 35.9. The van der Waals surface area contributed by atoms with Crippen LogP contribution in [0.5, 0.6) is 0 Å². The Bertz CT molecular complexity index is 1160. The van der Waals surface area contributed by atoms with Crippen molar-refractivity contribution in [2.45, 2.75) is 89.3 Å². The lowest BCUT2D eigenvalue weighted by Crippen LogP contribution is -2.52. The molecule has 40 heavy (non-hydrogen) atoms. The maximum atomic E-state index is 13.6. The van der Waals surface area contributed by atoms with Gasteiger partial charge in [0.05, 0.1) is 23.1 Å². The van der Waals surface area contributed by atoms with Gasteiger partial charge in [-0.05, 0) is 54.5 Å². The van der Waals surface area contributed by atoms with E-state index in [1.165, 1.54) is 4.90 Å². The zero-order valence-electron chi connectivity index (χ0n) is 23.6. The van der Waals surface area contributed by atoms with E-state index in [1.807, 2.05) is 45.0 Å². The largest absolute Gasteiger partial charge is 0.390 e. The smallest absolute Gasteiger partial charge is 0.240 e. The summed E-state index contributed by atoms with van der Waals surface area (Å²) in [5.41, 5.74) is 14.5. The number of carbonyl (C=O) groups is 1. The molecular weight excluding hydrogens is 560 g/mol. The van der Waals surface area contributed by atoms with Crippen LogP contribution >= 0.6 is 12.4 Å². The van der Waals surface area contributed by atoms with Gasteiger partial charge in [0.15, 0.2) is 9.84 Å². The molecule has 0 aromatic heterocycles. The second kappa shape index (κ2) is 17.0. The van der Waals surface area contributed by atoms with Crippen molar-refractivity contribution in [2.24, 2.45) is 11.5 Å². The molecule has 0 bridgehead atoms. The van der Waals surface area contributed by atoms with Gasteiger partial charge < -0.3 is 21.5 Å². The minimum Gasteiger partial charge on any atom is -0.390 e. The number of nitrogens with two attached hydrogens (primary N) is 2. The summed E-state index contributed by atoms with van der Waals surface area (Å²) >= 11 is 0. The minimum atomic E-state index is -3.63. The van der Waals surface area contributed by atoms with Gasteiger partial charge in [-0.2, -0.15) is 0 Å². The molecule has 0 aliphatic heterocycles. The van der Waals surface area contributed by atoms with E-state index in [1.54, 1.807) is 0 Å². The summed E-state index contributed by atoms with van der Waals surface area (Å²) < 4.78 is 53.4. The van der Waals surface area contributed by atoms with E-state index in [-0.39, 0.29) is 37.5 Å². The Morgan fingerprint density at radius 3 is 2.08 bits per heavy atom. The minimum absolute atomic E-state index is 0. The van der Waals surface area contributed by atoms with Gasteiger partial charge in [-0.15, -0.1) is 12.4 Å². The number of nitrogens with zero attached hydrogens (tertiary/aromatic N) is 1. The van der Waals surface area contributed by atoms with Gasteiger partial charge >= 0.3 is 0 Å². The highest BCUT2D eigenvalue weighted by molar-refractivity contribution is 7.92. The van der Waals surface area contributed by atoms with Crippen molar-refractivity contribution in [1.29, 1.82) is 0 Å². The topological polar surface area (TPSA) is 127 Å². The monoisotopic (exact) mass is 603 g/mol. The van der Waals surface area contributed by atoms with E-state index < -0.39 is 56.6 Å². The molecule has 1 unspecified atom stereocenters. The lowest BCUT2D eigenvalue weighted by atomic mass is 10.0. The Morgan fingerprint density at radius 1 is 0.950 bits per heavy atom. The number of hydrogen-bond donors (Lipinski definition) is 3. The van der Waals surface area contributed by atoms with Gasteiger partial charge in [0.2, 0.25) is 5.91 Å². The van der Waals surface area contributed by atoms with Crippen molar-refractivity contribution >= 4 is 28.2 Å². The van der Waals surface area contributed by atoms with Crippen LogP contribution < -0.4 is 11.5 Å². The van der Waals surface area contributed by atoms with Gasteiger partial charge in [-0.25, -0.2) is 17.2 Å². The number of aliphatic hydroxyl groups excluding tert-OH is 1. The van der Waals surface area contributed by atoms with E-state index >= 15 is 0 Å². The van der Waals surface area contributed by atoms with Crippen LogP contribution in [0, 0.1) is 11.6 Å². The number of aryl methyl sites for hydroxylation is 1. The van der Waals surface area contributed by atoms with Gasteiger partial charge in [0.25, 0.3) is 0 Å². The molecule has 0 radical (unpaired) electrons. The molecule has 0 saturated carbocycles. The van der Waals surface area contributed by atoms with E-state index in [4.69, 9.17) is 11.5 Å². The third-order valence-corrected chi connectivity index (χ3v) is 9.15. The van der Waals surface area contributed by atoms with Crippen molar-refractivity contribution in [3.63, 3.8) is 0 Å². The van der Waals surface area contributed by atoms with Crippen molar-refractivity contribution in [2.75, 3.05) is 12.3 Å². The summed E-state index contributed by atoms with van der Waals surface area (Å²) in [4.78, 5) is 14.8. The molecule has 0 spiro atoms. The van der Waals surface area contributed by atoms with Crippen molar-refractivity contribution < 1.29 is 27.1 Å². The van der Waals surface area contributed by atoms with Gasteiger partial charge in [-0.1, -0.05) is 57.9 Å². The van der Waals surface area contributed by atoms with Gasteiger partial charge in [0, 0.05) is 25.2 Å². The molecule has 0 saturated heterocycles. The SMILES string of the molecule is CCCC(CCC)S(=O)(=O)CC(N)C(=O)N(Cc1cccc(CC)c1)C[C@@H](O)[C@@H](N)Cc1cc(F)cc(F)c1.Cl. The quantitative estimate of drug-likeness (QED) is 0.267. The average molecular weight is 604 g/mol. The molecule has 0 aliphatic rings. The summed E-state index contributed by atoms with van der Waals surface area (Å²) in [5, 5.41) is 10.3. The maximum Gasteiger partial charge on any atom is 0.240 e. The number of amides is 1. The zero-order valence-corrected chi connectivity index (χ0v) is 25.2. The normalized spacial score (nSPS) is 13.9. The Balaban J connectivity index is 0.00000800. The van der Waals surface area contributed by atoms with Crippen LogP contribution in [0.25, 0.3) is 0 Å². The number of hydrogen-bond acceptors (Lipinski definition) is 6.